The van der Waals surface area contributed by atoms with E-state index in [4.69, 9.17) is 22.6 Å². The van der Waals surface area contributed by atoms with E-state index in [0.717, 1.165) is 13.8 Å². The fourth-order valence-corrected chi connectivity index (χ4v) is 1.44. The first kappa shape index (κ1) is 3.67. The van der Waals surface area contributed by atoms with Gasteiger partial charge in [0, 0.05) is 26.4 Å². The Morgan fingerprint density at radius 3 is 2.81 bits per heavy atom. The first-order valence-corrected chi connectivity index (χ1v) is 4.80. The SMILES string of the molecule is [2H]C1([2H])C2O[C@]([2H])(C(C)C)C([2H])([N+](=O)[O-])C([2H])([2H])C2([2H])C([2H])([2H])C([2H])([2H])C1([2H])[2H]. The van der Waals surface area contributed by atoms with E-state index >= 15 is 0 Å². The van der Waals surface area contributed by atoms with Crippen LogP contribution >= 0.6 is 0 Å². The van der Waals surface area contributed by atoms with Crippen molar-refractivity contribution in [3.63, 3.8) is 0 Å². The third-order valence-corrected chi connectivity index (χ3v) is 2.16. The van der Waals surface area contributed by atoms with E-state index in [2.05, 4.69) is 0 Å². The van der Waals surface area contributed by atoms with Gasteiger partial charge >= 0.3 is 0 Å². The van der Waals surface area contributed by atoms with Crippen molar-refractivity contribution in [2.45, 2.75) is 63.9 Å². The molecule has 2 aliphatic rings. The summed E-state index contributed by atoms with van der Waals surface area (Å²) in [7, 11) is 0. The Balaban J connectivity index is 3.05. The standard InChI is InChI=1S/C12H21NO3/c1-8(2)12-10(13(14)15)7-9-5-3-4-6-11(9)16-12/h8-12H,3-7H2,1-2H3/t9?,10?,11?,12-/m1/s1/i3D2,4D2,5D2,6D2,7D2,9D,10D,12D. The molecule has 4 heteroatoms. The van der Waals surface area contributed by atoms with Gasteiger partial charge in [0.15, 0.2) is 0 Å². The summed E-state index contributed by atoms with van der Waals surface area (Å²) in [6, 6.07) is -3.87. The summed E-state index contributed by atoms with van der Waals surface area (Å²) in [5.41, 5.74) is 0. The minimum atomic E-state index is -3.99. The Labute approximate surface area is 115 Å². The summed E-state index contributed by atoms with van der Waals surface area (Å²) in [6.07, 6.45) is -24.9. The maximum Gasteiger partial charge on any atom is 0.239 e. The first-order valence-electron chi connectivity index (χ1n) is 11.3. The molecule has 0 aromatic heterocycles. The van der Waals surface area contributed by atoms with Crippen LogP contribution in [-0.2, 0) is 4.74 Å². The van der Waals surface area contributed by atoms with Crippen LogP contribution in [0.15, 0.2) is 0 Å². The van der Waals surface area contributed by atoms with Crippen LogP contribution in [0.2, 0.25) is 0 Å². The average molecular weight is 240 g/mol. The molecule has 1 saturated heterocycles. The molecule has 16 heavy (non-hydrogen) atoms. The maximum atomic E-state index is 11.8. The minimum absolute atomic E-state index is 1.15. The first-order chi connectivity index (χ1) is 12.5. The van der Waals surface area contributed by atoms with Crippen molar-refractivity contribution in [3.8, 4) is 0 Å². The molecule has 4 atom stereocenters. The van der Waals surface area contributed by atoms with E-state index in [1.165, 1.54) is 0 Å². The predicted octanol–water partition coefficient (Wildman–Crippen LogP) is 2.64. The van der Waals surface area contributed by atoms with Gasteiger partial charge < -0.3 is 4.74 Å². The molecular weight excluding hydrogens is 206 g/mol. The molecule has 2 rings (SSSR count). The van der Waals surface area contributed by atoms with Gasteiger partial charge in [0.2, 0.25) is 6.02 Å². The third-order valence-electron chi connectivity index (χ3n) is 2.16. The molecule has 2 fully saturated rings. The highest BCUT2D eigenvalue weighted by atomic mass is 16.6. The molecule has 92 valence electrons. The van der Waals surface area contributed by atoms with Crippen LogP contribution in [0.5, 0.6) is 0 Å². The topological polar surface area (TPSA) is 52.4 Å². The molecule has 3 unspecified atom stereocenters. The Bertz CT molecular complexity index is 743. The Kier molecular flexibility index (Phi) is 1.08. The Morgan fingerprint density at radius 2 is 2.19 bits per heavy atom. The molecule has 0 aromatic carbocycles. The smallest absolute Gasteiger partial charge is 0.239 e. The lowest BCUT2D eigenvalue weighted by Crippen LogP contribution is -2.50. The molecule has 4 nitrogen and oxygen atoms in total. The molecule has 1 aliphatic heterocycles. The minimum Gasteiger partial charge on any atom is -0.367 e. The summed E-state index contributed by atoms with van der Waals surface area (Å²) < 4.78 is 111. The van der Waals surface area contributed by atoms with Gasteiger partial charge in [-0.3, -0.25) is 10.1 Å². The quantitative estimate of drug-likeness (QED) is 0.551. The van der Waals surface area contributed by atoms with Gasteiger partial charge in [-0.05, 0) is 24.6 Å². The van der Waals surface area contributed by atoms with Crippen molar-refractivity contribution >= 4 is 0 Å². The number of hydrogen-bond acceptors (Lipinski definition) is 3. The summed E-state index contributed by atoms with van der Waals surface area (Å²) >= 11 is 0. The van der Waals surface area contributed by atoms with Crippen LogP contribution in [-0.4, -0.2) is 23.1 Å². The van der Waals surface area contributed by atoms with Crippen molar-refractivity contribution in [2.24, 2.45) is 11.8 Å². The molecule has 0 N–H and O–H groups in total. The molecule has 0 amide bonds. The van der Waals surface area contributed by atoms with Gasteiger partial charge in [-0.1, -0.05) is 26.6 Å². The van der Waals surface area contributed by atoms with Crippen molar-refractivity contribution in [1.29, 1.82) is 0 Å². The van der Waals surface area contributed by atoms with Gasteiger partial charge in [0.05, 0.1) is 7.47 Å². The summed E-state index contributed by atoms with van der Waals surface area (Å²) in [6.45, 7) is 2.29. The van der Waals surface area contributed by atoms with Crippen LogP contribution < -0.4 is 0 Å². The summed E-state index contributed by atoms with van der Waals surface area (Å²) in [5, 5.41) is 11.8. The van der Waals surface area contributed by atoms with E-state index < -0.39 is 66.8 Å². The van der Waals surface area contributed by atoms with E-state index in [9.17, 15) is 10.1 Å². The Morgan fingerprint density at radius 1 is 1.50 bits per heavy atom. The van der Waals surface area contributed by atoms with Crippen LogP contribution in [0, 0.1) is 21.9 Å². The van der Waals surface area contributed by atoms with Gasteiger partial charge in [-0.25, -0.2) is 0 Å². The van der Waals surface area contributed by atoms with Crippen molar-refractivity contribution in [2.75, 3.05) is 0 Å². The number of ether oxygens (including phenoxy) is 1. The maximum absolute atomic E-state index is 11.8. The summed E-state index contributed by atoms with van der Waals surface area (Å²) in [4.78, 5) is 10.2. The lowest BCUT2D eigenvalue weighted by Gasteiger charge is -2.41. The molecule has 0 radical (unpaired) electrons. The highest BCUT2D eigenvalue weighted by Gasteiger charge is 2.45. The van der Waals surface area contributed by atoms with Crippen LogP contribution in [0.25, 0.3) is 0 Å². The van der Waals surface area contributed by atoms with Gasteiger partial charge in [0.25, 0.3) is 0 Å². The molecular formula is C12H21NO3. The highest BCUT2D eigenvalue weighted by molar-refractivity contribution is 4.88. The van der Waals surface area contributed by atoms with Gasteiger partial charge in [-0.15, -0.1) is 0 Å². The second-order valence-electron chi connectivity index (χ2n) is 3.68. The van der Waals surface area contributed by atoms with E-state index in [0.29, 0.717) is 0 Å². The molecule has 1 aliphatic carbocycles. The summed E-state index contributed by atoms with van der Waals surface area (Å²) in [5.74, 6) is -5.14. The van der Waals surface area contributed by atoms with Gasteiger partial charge in [0.1, 0.15) is 7.45 Å². The number of nitro groups is 1. The van der Waals surface area contributed by atoms with Gasteiger partial charge in [-0.2, -0.15) is 0 Å². The van der Waals surface area contributed by atoms with Crippen molar-refractivity contribution < 1.29 is 27.5 Å². The number of nitrogens with zero attached hydrogens (tertiary/aromatic N) is 1. The van der Waals surface area contributed by atoms with Crippen LogP contribution in [0.1, 0.15) is 63.5 Å². The zero-order valence-electron chi connectivity index (χ0n) is 21.8. The van der Waals surface area contributed by atoms with E-state index in [-0.39, 0.29) is 0 Å². The number of fused-ring (bicyclic) bond motifs is 1. The lowest BCUT2D eigenvalue weighted by molar-refractivity contribution is -0.547. The van der Waals surface area contributed by atoms with Crippen LogP contribution in [0.4, 0.5) is 0 Å². The second kappa shape index (κ2) is 4.70. The van der Waals surface area contributed by atoms with E-state index in [1.807, 2.05) is 0 Å². The van der Waals surface area contributed by atoms with E-state index in [1.54, 1.807) is 0 Å². The number of rotatable bonds is 2. The normalized spacial score (nSPS) is 80.9. The second-order valence-corrected chi connectivity index (χ2v) is 3.68. The zero-order chi connectivity index (χ0) is 23.4. The fourth-order valence-electron chi connectivity index (χ4n) is 1.44. The molecule has 0 spiro atoms. The molecule has 0 aromatic rings. The molecule has 1 saturated carbocycles. The largest absolute Gasteiger partial charge is 0.367 e. The third kappa shape index (κ3) is 2.21. The zero-order valence-corrected chi connectivity index (χ0v) is 8.83. The average Bonchev–Trinajstić information content (AvgIpc) is 2.54. The highest BCUT2D eigenvalue weighted by Crippen LogP contribution is 2.38. The molecule has 1 heterocycles. The fraction of sp³-hybridized carbons (Fsp3) is 1.00. The molecule has 0 bridgehead atoms. The Hall–Kier alpha value is -0.640. The van der Waals surface area contributed by atoms with Crippen molar-refractivity contribution in [1.82, 2.24) is 0 Å². The number of hydrogen-bond donors (Lipinski definition) is 0. The predicted molar refractivity (Wildman–Crippen MR) is 60.9 cm³/mol. The monoisotopic (exact) mass is 240 g/mol. The lowest BCUT2D eigenvalue weighted by atomic mass is 9.77. The van der Waals surface area contributed by atoms with Crippen molar-refractivity contribution in [3.05, 3.63) is 10.1 Å². The van der Waals surface area contributed by atoms with Crippen LogP contribution in [0.3, 0.4) is 0 Å².